The summed E-state index contributed by atoms with van der Waals surface area (Å²) in [5, 5.41) is 19.1. The zero-order chi connectivity index (χ0) is 79.2. The number of nitrogens with zero attached hydrogens (tertiary/aromatic N) is 7. The Bertz CT molecular complexity index is 6590. The topological polar surface area (TPSA) is 43.2 Å². The predicted molar refractivity (Wildman–Crippen MR) is 498 cm³/mol. The Labute approximate surface area is 685 Å². The van der Waals surface area contributed by atoms with Crippen LogP contribution in [-0.2, 0) is 0 Å². The van der Waals surface area contributed by atoms with Crippen LogP contribution in [0.15, 0.2) is 461 Å². The molecular weight excluding hydrogens is 1420 g/mol. The smallest absolute Gasteiger partial charge is 0.0992 e. The summed E-state index contributed by atoms with van der Waals surface area (Å²) in [5.41, 5.74) is 24.7. The molecule has 0 heterocycles. The Morgan fingerprint density at radius 3 is 0.829 bits per heavy atom. The van der Waals surface area contributed by atoms with Gasteiger partial charge in [-0.25, -0.2) is 0 Å². The van der Waals surface area contributed by atoms with Gasteiger partial charge in [0.1, 0.15) is 0 Å². The van der Waals surface area contributed by atoms with Crippen LogP contribution in [0.1, 0.15) is 5.56 Å². The highest BCUT2D eigenvalue weighted by Crippen LogP contribution is 2.43. The molecule has 19 aromatic rings. The van der Waals surface area contributed by atoms with E-state index in [1.807, 2.05) is 37.4 Å². The first-order chi connectivity index (χ1) is 57.7. The molecule has 0 N–H and O–H groups in total. The molecule has 0 fully saturated rings. The van der Waals surface area contributed by atoms with E-state index in [1.165, 1.54) is 76.7 Å². The number of anilines is 15. The van der Waals surface area contributed by atoms with E-state index in [4.69, 9.17) is 0 Å². The van der Waals surface area contributed by atoms with Gasteiger partial charge < -0.3 is 29.4 Å². The first-order valence-electron chi connectivity index (χ1n) is 39.6. The third-order valence-electron chi connectivity index (χ3n) is 21.8. The number of nitriles is 1. The van der Waals surface area contributed by atoms with E-state index < -0.39 is 0 Å². The Kier molecular flexibility index (Phi) is 22.0. The fourth-order valence-electron chi connectivity index (χ4n) is 15.5. The van der Waals surface area contributed by atoms with Gasteiger partial charge in [-0.2, -0.15) is 5.26 Å². The van der Waals surface area contributed by atoms with E-state index in [2.05, 4.69) is 480 Å². The summed E-state index contributed by atoms with van der Waals surface area (Å²) in [5.74, 6) is 0. The van der Waals surface area contributed by atoms with Gasteiger partial charge in [0.05, 0.1) is 17.3 Å². The summed E-state index contributed by atoms with van der Waals surface area (Å²) in [6.07, 6.45) is 0. The van der Waals surface area contributed by atoms with Crippen molar-refractivity contribution in [2.24, 2.45) is 0 Å². The summed E-state index contributed by atoms with van der Waals surface area (Å²) in [4.78, 5) is 13.5. The van der Waals surface area contributed by atoms with Crippen LogP contribution in [0.25, 0.3) is 76.5 Å². The predicted octanol–water partition coefficient (Wildman–Crippen LogP) is 30.3. The van der Waals surface area contributed by atoms with Crippen LogP contribution in [0.5, 0.6) is 0 Å². The van der Waals surface area contributed by atoms with Crippen molar-refractivity contribution in [1.29, 1.82) is 5.26 Å². The molecule has 0 radical (unpaired) electrons. The third-order valence-corrected chi connectivity index (χ3v) is 21.8. The van der Waals surface area contributed by atoms with Gasteiger partial charge in [-0.1, -0.05) is 285 Å². The molecule has 0 aliphatic heterocycles. The number of para-hydroxylation sites is 4. The van der Waals surface area contributed by atoms with Crippen molar-refractivity contribution in [3.8, 4) is 39.4 Å². The van der Waals surface area contributed by atoms with Crippen LogP contribution < -0.4 is 29.4 Å². The number of hydrogen-bond donors (Lipinski definition) is 0. The van der Waals surface area contributed by atoms with Crippen molar-refractivity contribution in [3.63, 3.8) is 0 Å². The van der Waals surface area contributed by atoms with Crippen LogP contribution >= 0.6 is 0 Å². The van der Waals surface area contributed by atoms with E-state index in [9.17, 15) is 5.26 Å². The van der Waals surface area contributed by atoms with E-state index in [0.29, 0.717) is 5.56 Å². The van der Waals surface area contributed by atoms with Crippen LogP contribution in [0, 0.1) is 11.3 Å². The van der Waals surface area contributed by atoms with Crippen molar-refractivity contribution in [2.45, 2.75) is 0 Å². The van der Waals surface area contributed by atoms with Crippen LogP contribution in [0.3, 0.4) is 0 Å². The molecule has 0 spiro atoms. The maximum Gasteiger partial charge on any atom is 0.0992 e. The van der Waals surface area contributed by atoms with E-state index >= 15 is 0 Å². The monoisotopic (exact) mass is 1500 g/mol. The van der Waals surface area contributed by atoms with Gasteiger partial charge in [0.2, 0.25) is 0 Å². The fraction of sp³-hybridized carbons (Fsp3) is 0.0273. The SMILES string of the molecule is CN(c1ccc(-c2ccc(N(c3ccccc3)c3ccc4ccccc4c3)cc2)cc1)c1cccc2ccccc12.CN(c1ccc(-c2ccc(N(c3ccccc3)c3cccc4ccccc34)cc2)cc1)c1cccc(C#N)c1.CN(c1ccccc1)c1ccc(-c2ccc(N(c3ccccc3)c3ccc4ccccc4c3)cc2)cc1. The molecule has 0 amide bonds. The van der Waals surface area contributed by atoms with E-state index in [1.54, 1.807) is 0 Å². The molecule has 19 rings (SSSR count). The Hall–Kier alpha value is -15.5. The summed E-state index contributed by atoms with van der Waals surface area (Å²) in [6, 6.07) is 165. The second-order valence-corrected chi connectivity index (χ2v) is 29.0. The lowest BCUT2D eigenvalue weighted by molar-refractivity contribution is 1.21. The molecule has 0 atom stereocenters. The van der Waals surface area contributed by atoms with Crippen molar-refractivity contribution in [3.05, 3.63) is 467 Å². The van der Waals surface area contributed by atoms with Crippen LogP contribution in [0.2, 0.25) is 0 Å². The lowest BCUT2D eigenvalue weighted by Crippen LogP contribution is -2.10. The van der Waals surface area contributed by atoms with E-state index in [-0.39, 0.29) is 0 Å². The third kappa shape index (κ3) is 16.6. The summed E-state index contributed by atoms with van der Waals surface area (Å²) in [7, 11) is 6.26. The molecule has 0 saturated carbocycles. The minimum atomic E-state index is 0.657. The van der Waals surface area contributed by atoms with Gasteiger partial charge in [0.15, 0.2) is 0 Å². The maximum absolute atomic E-state index is 9.24. The lowest BCUT2D eigenvalue weighted by atomic mass is 10.0. The van der Waals surface area contributed by atoms with Gasteiger partial charge in [-0.15, -0.1) is 0 Å². The second-order valence-electron chi connectivity index (χ2n) is 29.0. The summed E-state index contributed by atoms with van der Waals surface area (Å²) in [6.45, 7) is 0. The van der Waals surface area contributed by atoms with Crippen molar-refractivity contribution in [2.75, 3.05) is 50.5 Å². The quantitative estimate of drug-likeness (QED) is 0.0848. The van der Waals surface area contributed by atoms with Crippen LogP contribution in [0.4, 0.5) is 85.3 Å². The maximum atomic E-state index is 9.24. The second kappa shape index (κ2) is 34.6. The molecular formula is C110H85N7. The molecule has 0 aliphatic carbocycles. The van der Waals surface area contributed by atoms with Gasteiger partial charge >= 0.3 is 0 Å². The van der Waals surface area contributed by atoms with Gasteiger partial charge in [0, 0.05) is 112 Å². The van der Waals surface area contributed by atoms with Gasteiger partial charge in [-0.05, 0) is 242 Å². The minimum absolute atomic E-state index is 0.657. The largest absolute Gasteiger partial charge is 0.345 e. The number of benzene rings is 19. The average molecular weight is 1500 g/mol. The van der Waals surface area contributed by atoms with Gasteiger partial charge in [0.25, 0.3) is 0 Å². The van der Waals surface area contributed by atoms with Crippen molar-refractivity contribution >= 4 is 128 Å². The average Bonchev–Trinajstić information content (AvgIpc) is 0.811. The highest BCUT2D eigenvalue weighted by atomic mass is 15.2. The molecule has 0 aliphatic rings. The highest BCUT2D eigenvalue weighted by Gasteiger charge is 2.19. The molecule has 7 heteroatoms. The van der Waals surface area contributed by atoms with Crippen LogP contribution in [-0.4, -0.2) is 21.1 Å². The minimum Gasteiger partial charge on any atom is -0.345 e. The number of hydrogen-bond acceptors (Lipinski definition) is 7. The Balaban J connectivity index is 0.000000126. The summed E-state index contributed by atoms with van der Waals surface area (Å²) >= 11 is 0. The normalized spacial score (nSPS) is 10.9. The Morgan fingerprint density at radius 2 is 0.427 bits per heavy atom. The molecule has 117 heavy (non-hydrogen) atoms. The Morgan fingerprint density at radius 1 is 0.171 bits per heavy atom. The zero-order valence-corrected chi connectivity index (χ0v) is 65.5. The molecule has 560 valence electrons. The molecule has 19 aromatic carbocycles. The number of fused-ring (bicyclic) bond motifs is 4. The standard InChI is InChI=1S/C39H30N2.C36H27N3.C35H28N2/c1-40(39-17-9-13-32-11-7-8-16-38(32)39)34-23-18-30(19-24-34)31-20-25-36(26-21-31)41(35-14-3-2-4-15-35)37-27-22-29-10-5-6-12-33(29)28-37;1-38(34-14-7-9-27(25-34)26-37)31-21-17-28(18-22-31)29-19-23-33(24-20-29)39(32-12-3-2-4-13-32)36-16-8-11-30-10-5-6-15-35(30)36;1-36(31-12-4-2-5-13-31)32-21-16-28(17-22-32)29-18-23-34(24-19-29)37(33-14-6-3-7-15-33)35-25-20-27-10-8-9-11-30(27)26-35/h2-28H,1H3;2-25H,1H3;2-26H,1H3. The fourth-order valence-corrected chi connectivity index (χ4v) is 15.5. The molecule has 0 unspecified atom stereocenters. The van der Waals surface area contributed by atoms with Crippen molar-refractivity contribution < 1.29 is 0 Å². The first-order valence-corrected chi connectivity index (χ1v) is 39.6. The molecule has 0 aromatic heterocycles. The number of rotatable bonds is 18. The molecule has 7 nitrogen and oxygen atoms in total. The molecule has 0 saturated heterocycles. The zero-order valence-electron chi connectivity index (χ0n) is 65.5. The summed E-state index contributed by atoms with van der Waals surface area (Å²) < 4.78 is 0. The van der Waals surface area contributed by atoms with E-state index in [0.717, 1.165) is 85.1 Å². The lowest BCUT2D eigenvalue weighted by Gasteiger charge is -2.27. The first kappa shape index (κ1) is 74.3. The highest BCUT2D eigenvalue weighted by molar-refractivity contribution is 6.00. The molecule has 0 bridgehead atoms. The van der Waals surface area contributed by atoms with Gasteiger partial charge in [-0.3, -0.25) is 0 Å². The van der Waals surface area contributed by atoms with Crippen molar-refractivity contribution in [1.82, 2.24) is 0 Å².